The first-order valence-corrected chi connectivity index (χ1v) is 5.84. The van der Waals surface area contributed by atoms with Gasteiger partial charge in [0.05, 0.1) is 6.20 Å². The third kappa shape index (κ3) is 2.77. The molecule has 2 N–H and O–H groups in total. The van der Waals surface area contributed by atoms with Crippen LogP contribution in [-0.4, -0.2) is 40.0 Å². The van der Waals surface area contributed by atoms with Gasteiger partial charge in [-0.15, -0.1) is 0 Å². The Morgan fingerprint density at radius 1 is 1.56 bits per heavy atom. The molecule has 6 nitrogen and oxygen atoms in total. The minimum atomic E-state index is -0.0315. The van der Waals surface area contributed by atoms with Gasteiger partial charge in [-0.05, 0) is 6.08 Å². The van der Waals surface area contributed by atoms with Gasteiger partial charge in [0.15, 0.2) is 11.6 Å². The summed E-state index contributed by atoms with van der Waals surface area (Å²) < 4.78 is 5.73. The molecule has 1 aromatic heterocycles. The predicted octanol–water partition coefficient (Wildman–Crippen LogP) is 0.615. The number of nitrogens with two attached hydrogens (primary N) is 1. The second-order valence-corrected chi connectivity index (χ2v) is 4.12. The Hall–Kier alpha value is -2.11. The summed E-state index contributed by atoms with van der Waals surface area (Å²) in [5, 5.41) is 0. The van der Waals surface area contributed by atoms with Crippen molar-refractivity contribution in [3.05, 3.63) is 25.2 Å². The van der Waals surface area contributed by atoms with Crippen LogP contribution in [0.3, 0.4) is 0 Å². The number of nitrogens with zero attached hydrogens (tertiary/aromatic N) is 3. The van der Waals surface area contributed by atoms with Crippen LogP contribution in [-0.2, 0) is 4.79 Å². The largest absolute Gasteiger partial charge is 0.485 e. The van der Waals surface area contributed by atoms with E-state index in [1.807, 2.05) is 0 Å². The molecule has 0 atom stereocenters. The van der Waals surface area contributed by atoms with Crippen LogP contribution in [0.25, 0.3) is 0 Å². The van der Waals surface area contributed by atoms with Crippen molar-refractivity contribution < 1.29 is 9.53 Å². The summed E-state index contributed by atoms with van der Waals surface area (Å²) in [6.07, 6.45) is 5.87. The fourth-order valence-electron chi connectivity index (χ4n) is 1.92. The van der Waals surface area contributed by atoms with E-state index in [4.69, 9.17) is 10.5 Å². The van der Waals surface area contributed by atoms with E-state index in [0.29, 0.717) is 24.7 Å². The highest BCUT2D eigenvalue weighted by atomic mass is 16.5. The van der Waals surface area contributed by atoms with Crippen LogP contribution < -0.4 is 10.5 Å². The molecular formula is C12H16N4O2. The first kappa shape index (κ1) is 12.3. The van der Waals surface area contributed by atoms with Gasteiger partial charge in [0.2, 0.25) is 5.91 Å². The van der Waals surface area contributed by atoms with E-state index in [2.05, 4.69) is 16.5 Å². The van der Waals surface area contributed by atoms with Gasteiger partial charge in [-0.2, -0.15) is 0 Å². The number of hydrogen-bond acceptors (Lipinski definition) is 5. The summed E-state index contributed by atoms with van der Waals surface area (Å²) in [5.41, 5.74) is 5.68. The van der Waals surface area contributed by atoms with Crippen LogP contribution in [0.1, 0.15) is 12.8 Å². The maximum Gasteiger partial charge on any atom is 0.245 e. The van der Waals surface area contributed by atoms with Crippen LogP contribution >= 0.6 is 0 Å². The van der Waals surface area contributed by atoms with Crippen LogP contribution in [0.15, 0.2) is 25.2 Å². The van der Waals surface area contributed by atoms with Crippen molar-refractivity contribution in [2.45, 2.75) is 18.9 Å². The van der Waals surface area contributed by atoms with Crippen molar-refractivity contribution in [3.8, 4) is 5.75 Å². The summed E-state index contributed by atoms with van der Waals surface area (Å²) in [5.74, 6) is 0.816. The van der Waals surface area contributed by atoms with E-state index in [9.17, 15) is 4.79 Å². The lowest BCUT2D eigenvalue weighted by molar-refractivity contribution is -0.127. The second-order valence-electron chi connectivity index (χ2n) is 4.12. The molecule has 2 heterocycles. The first-order chi connectivity index (χ1) is 8.70. The third-order valence-electron chi connectivity index (χ3n) is 2.93. The molecule has 1 fully saturated rings. The fraction of sp³-hybridized carbons (Fsp3) is 0.417. The normalized spacial score (nSPS) is 16.3. The zero-order valence-corrected chi connectivity index (χ0v) is 10.1. The van der Waals surface area contributed by atoms with Gasteiger partial charge in [0, 0.05) is 25.9 Å². The summed E-state index contributed by atoms with van der Waals surface area (Å²) in [6.45, 7) is 4.82. The van der Waals surface area contributed by atoms with Gasteiger partial charge in [0.1, 0.15) is 12.4 Å². The molecule has 18 heavy (non-hydrogen) atoms. The standard InChI is InChI=1S/C12H16N4O2/c1-2-11(17)16-5-3-9(4-6-16)18-10-7-14-8-15-12(10)13/h2,7-9H,1,3-6H2,(H2,13,14,15). The number of carbonyl (C=O) groups is 1. The minimum Gasteiger partial charge on any atom is -0.485 e. The van der Waals surface area contributed by atoms with Crippen molar-refractivity contribution in [2.24, 2.45) is 0 Å². The molecule has 1 aliphatic rings. The number of amides is 1. The van der Waals surface area contributed by atoms with Crippen molar-refractivity contribution in [3.63, 3.8) is 0 Å². The smallest absolute Gasteiger partial charge is 0.245 e. The van der Waals surface area contributed by atoms with E-state index < -0.39 is 0 Å². The maximum absolute atomic E-state index is 11.4. The predicted molar refractivity (Wildman–Crippen MR) is 66.9 cm³/mol. The van der Waals surface area contributed by atoms with Crippen molar-refractivity contribution in [1.82, 2.24) is 14.9 Å². The SMILES string of the molecule is C=CC(=O)N1CCC(Oc2cncnc2N)CC1. The van der Waals surface area contributed by atoms with Crippen molar-refractivity contribution >= 4 is 11.7 Å². The molecule has 1 aromatic rings. The Labute approximate surface area is 105 Å². The van der Waals surface area contributed by atoms with Crippen LogP contribution in [0.5, 0.6) is 5.75 Å². The Kier molecular flexibility index (Phi) is 3.76. The highest BCUT2D eigenvalue weighted by molar-refractivity contribution is 5.87. The molecule has 0 radical (unpaired) electrons. The molecule has 1 saturated heterocycles. The zero-order valence-electron chi connectivity index (χ0n) is 10.1. The lowest BCUT2D eigenvalue weighted by Crippen LogP contribution is -2.41. The topological polar surface area (TPSA) is 81.3 Å². The van der Waals surface area contributed by atoms with E-state index in [1.165, 1.54) is 12.4 Å². The van der Waals surface area contributed by atoms with Crippen LogP contribution in [0, 0.1) is 0 Å². The van der Waals surface area contributed by atoms with E-state index in [0.717, 1.165) is 12.8 Å². The maximum atomic E-state index is 11.4. The summed E-state index contributed by atoms with van der Waals surface area (Å²) in [6, 6.07) is 0. The number of likely N-dealkylation sites (tertiary alicyclic amines) is 1. The molecular weight excluding hydrogens is 232 g/mol. The fourth-order valence-corrected chi connectivity index (χ4v) is 1.92. The molecule has 0 aromatic carbocycles. The molecule has 0 saturated carbocycles. The Balaban J connectivity index is 1.89. The number of anilines is 1. The van der Waals surface area contributed by atoms with Crippen LogP contribution in [0.2, 0.25) is 0 Å². The Morgan fingerprint density at radius 3 is 2.89 bits per heavy atom. The monoisotopic (exact) mass is 248 g/mol. The summed E-state index contributed by atoms with van der Waals surface area (Å²) >= 11 is 0. The number of carbonyl (C=O) groups excluding carboxylic acids is 1. The molecule has 96 valence electrons. The number of nitrogen functional groups attached to an aromatic ring is 1. The van der Waals surface area contributed by atoms with Gasteiger partial charge < -0.3 is 15.4 Å². The Morgan fingerprint density at radius 2 is 2.28 bits per heavy atom. The highest BCUT2D eigenvalue weighted by Gasteiger charge is 2.23. The molecule has 1 aliphatic heterocycles. The summed E-state index contributed by atoms with van der Waals surface area (Å²) in [7, 11) is 0. The average Bonchev–Trinajstić information content (AvgIpc) is 2.41. The highest BCUT2D eigenvalue weighted by Crippen LogP contribution is 2.22. The van der Waals surface area contributed by atoms with Gasteiger partial charge >= 0.3 is 0 Å². The number of aromatic nitrogens is 2. The molecule has 0 bridgehead atoms. The number of ether oxygens (including phenoxy) is 1. The molecule has 0 spiro atoms. The zero-order chi connectivity index (χ0) is 13.0. The minimum absolute atomic E-state index is 0.0315. The van der Waals surface area contributed by atoms with E-state index in [-0.39, 0.29) is 12.0 Å². The molecule has 2 rings (SSSR count). The number of rotatable bonds is 3. The van der Waals surface area contributed by atoms with E-state index >= 15 is 0 Å². The van der Waals surface area contributed by atoms with E-state index in [1.54, 1.807) is 11.1 Å². The van der Waals surface area contributed by atoms with Crippen LogP contribution in [0.4, 0.5) is 5.82 Å². The number of piperidine rings is 1. The third-order valence-corrected chi connectivity index (χ3v) is 2.93. The van der Waals surface area contributed by atoms with Crippen molar-refractivity contribution in [1.29, 1.82) is 0 Å². The molecule has 1 amide bonds. The van der Waals surface area contributed by atoms with Gasteiger partial charge in [-0.3, -0.25) is 4.79 Å². The molecule has 6 heteroatoms. The quantitative estimate of drug-likeness (QED) is 0.793. The van der Waals surface area contributed by atoms with Gasteiger partial charge in [-0.1, -0.05) is 6.58 Å². The summed E-state index contributed by atoms with van der Waals surface area (Å²) in [4.78, 5) is 20.9. The molecule has 0 aliphatic carbocycles. The van der Waals surface area contributed by atoms with Crippen molar-refractivity contribution in [2.75, 3.05) is 18.8 Å². The average molecular weight is 248 g/mol. The first-order valence-electron chi connectivity index (χ1n) is 5.84. The number of hydrogen-bond donors (Lipinski definition) is 1. The molecule has 0 unspecified atom stereocenters. The second kappa shape index (κ2) is 5.48. The van der Waals surface area contributed by atoms with Gasteiger partial charge in [-0.25, -0.2) is 9.97 Å². The lowest BCUT2D eigenvalue weighted by Gasteiger charge is -2.31. The lowest BCUT2D eigenvalue weighted by atomic mass is 10.1. The Bertz CT molecular complexity index is 441. The van der Waals surface area contributed by atoms with Gasteiger partial charge in [0.25, 0.3) is 0 Å².